The maximum atomic E-state index is 11.7. The highest BCUT2D eigenvalue weighted by atomic mass is 16.5. The molecular formula is C11H22N2O2. The summed E-state index contributed by atoms with van der Waals surface area (Å²) in [4.78, 5) is 13.5. The molecule has 0 bridgehead atoms. The van der Waals surface area contributed by atoms with Gasteiger partial charge in [-0.2, -0.15) is 0 Å². The number of nitrogens with zero attached hydrogens (tertiary/aromatic N) is 1. The number of hydrogen-bond acceptors (Lipinski definition) is 3. The maximum Gasteiger partial charge on any atom is 0.236 e. The predicted octanol–water partition coefficient (Wildman–Crippen LogP) is 0.481. The van der Waals surface area contributed by atoms with E-state index in [1.807, 2.05) is 4.90 Å². The fourth-order valence-corrected chi connectivity index (χ4v) is 1.49. The topological polar surface area (TPSA) is 41.6 Å². The molecule has 1 atom stereocenters. The quantitative estimate of drug-likeness (QED) is 0.724. The van der Waals surface area contributed by atoms with E-state index in [1.54, 1.807) is 0 Å². The van der Waals surface area contributed by atoms with Crippen molar-refractivity contribution in [2.75, 3.05) is 39.4 Å². The molecule has 1 N–H and O–H groups in total. The predicted molar refractivity (Wildman–Crippen MR) is 59.7 cm³/mol. The highest BCUT2D eigenvalue weighted by Crippen LogP contribution is 1.99. The number of amides is 1. The lowest BCUT2D eigenvalue weighted by Crippen LogP contribution is -2.45. The smallest absolute Gasteiger partial charge is 0.236 e. The minimum absolute atomic E-state index is 0.196. The van der Waals surface area contributed by atoms with E-state index in [4.69, 9.17) is 4.74 Å². The normalized spacial score (nSPS) is 18.9. The summed E-state index contributed by atoms with van der Waals surface area (Å²) in [6.45, 7) is 8.57. The van der Waals surface area contributed by atoms with Crippen LogP contribution < -0.4 is 5.32 Å². The van der Waals surface area contributed by atoms with Gasteiger partial charge in [0.2, 0.25) is 5.91 Å². The second-order valence-electron chi connectivity index (χ2n) is 4.14. The Morgan fingerprint density at radius 1 is 1.47 bits per heavy atom. The lowest BCUT2D eigenvalue weighted by Gasteiger charge is -2.27. The van der Waals surface area contributed by atoms with Crippen LogP contribution in [0.3, 0.4) is 0 Å². The van der Waals surface area contributed by atoms with Gasteiger partial charge >= 0.3 is 0 Å². The molecule has 1 saturated heterocycles. The average Bonchev–Trinajstić information content (AvgIpc) is 2.29. The molecule has 1 fully saturated rings. The Morgan fingerprint density at radius 2 is 2.13 bits per heavy atom. The Hall–Kier alpha value is -0.610. The number of carbonyl (C=O) groups excluding carboxylic acids is 1. The van der Waals surface area contributed by atoms with Crippen LogP contribution in [0.2, 0.25) is 0 Å². The summed E-state index contributed by atoms with van der Waals surface area (Å²) in [5.74, 6) is 0.837. The first-order valence-corrected chi connectivity index (χ1v) is 5.80. The Balaban J connectivity index is 2.12. The molecule has 0 aromatic rings. The van der Waals surface area contributed by atoms with E-state index in [0.717, 1.165) is 26.1 Å². The molecule has 0 aromatic carbocycles. The van der Waals surface area contributed by atoms with E-state index in [-0.39, 0.29) is 5.91 Å². The Morgan fingerprint density at radius 3 is 2.73 bits per heavy atom. The van der Waals surface area contributed by atoms with Crippen LogP contribution in [0.4, 0.5) is 0 Å². The minimum Gasteiger partial charge on any atom is -0.378 e. The fourth-order valence-electron chi connectivity index (χ4n) is 1.49. The monoisotopic (exact) mass is 214 g/mol. The molecule has 4 heteroatoms. The zero-order chi connectivity index (χ0) is 11.1. The van der Waals surface area contributed by atoms with Crippen molar-refractivity contribution in [1.82, 2.24) is 10.2 Å². The Labute approximate surface area is 92.0 Å². The molecule has 1 aliphatic rings. The van der Waals surface area contributed by atoms with E-state index in [9.17, 15) is 4.79 Å². The van der Waals surface area contributed by atoms with Gasteiger partial charge in [-0.25, -0.2) is 0 Å². The van der Waals surface area contributed by atoms with Crippen LogP contribution in [0, 0.1) is 5.92 Å². The van der Waals surface area contributed by atoms with E-state index < -0.39 is 0 Å². The average molecular weight is 214 g/mol. The molecule has 1 heterocycles. The standard InChI is InChI=1S/C11H22N2O2/c1-3-10(2)8-12-9-11(14)13-4-6-15-7-5-13/h10,12H,3-9H2,1-2H3. The Kier molecular flexibility index (Phi) is 5.65. The van der Waals surface area contributed by atoms with Crippen molar-refractivity contribution < 1.29 is 9.53 Å². The highest BCUT2D eigenvalue weighted by Gasteiger charge is 2.15. The molecule has 88 valence electrons. The van der Waals surface area contributed by atoms with Crippen LogP contribution in [-0.2, 0) is 9.53 Å². The summed E-state index contributed by atoms with van der Waals surface area (Å²) in [5, 5.41) is 3.20. The molecule has 0 saturated carbocycles. The lowest BCUT2D eigenvalue weighted by molar-refractivity contribution is -0.134. The van der Waals surface area contributed by atoms with E-state index in [2.05, 4.69) is 19.2 Å². The molecule has 0 spiro atoms. The molecule has 0 aliphatic carbocycles. The Bertz CT molecular complexity index is 191. The molecule has 4 nitrogen and oxygen atoms in total. The molecule has 0 aromatic heterocycles. The molecular weight excluding hydrogens is 192 g/mol. The van der Waals surface area contributed by atoms with Crippen molar-refractivity contribution in [2.24, 2.45) is 5.92 Å². The van der Waals surface area contributed by atoms with Gasteiger partial charge in [0.25, 0.3) is 0 Å². The number of rotatable bonds is 5. The summed E-state index contributed by atoms with van der Waals surface area (Å²) < 4.78 is 5.20. The summed E-state index contributed by atoms with van der Waals surface area (Å²) >= 11 is 0. The van der Waals surface area contributed by atoms with Crippen molar-refractivity contribution >= 4 is 5.91 Å². The SMILES string of the molecule is CCC(C)CNCC(=O)N1CCOCC1. The van der Waals surface area contributed by atoms with E-state index in [0.29, 0.717) is 25.7 Å². The third-order valence-corrected chi connectivity index (χ3v) is 2.83. The number of nitrogens with one attached hydrogen (secondary N) is 1. The summed E-state index contributed by atoms with van der Waals surface area (Å²) in [6, 6.07) is 0. The van der Waals surface area contributed by atoms with Crippen LogP contribution in [0.1, 0.15) is 20.3 Å². The molecule has 15 heavy (non-hydrogen) atoms. The number of carbonyl (C=O) groups is 1. The van der Waals surface area contributed by atoms with Gasteiger partial charge < -0.3 is 15.0 Å². The van der Waals surface area contributed by atoms with Crippen molar-refractivity contribution in [1.29, 1.82) is 0 Å². The molecule has 1 rings (SSSR count). The zero-order valence-corrected chi connectivity index (χ0v) is 9.79. The van der Waals surface area contributed by atoms with Crippen LogP contribution >= 0.6 is 0 Å². The van der Waals surface area contributed by atoms with Gasteiger partial charge in [-0.05, 0) is 12.5 Å². The van der Waals surface area contributed by atoms with E-state index in [1.165, 1.54) is 0 Å². The van der Waals surface area contributed by atoms with Crippen LogP contribution in [0.5, 0.6) is 0 Å². The first kappa shape index (κ1) is 12.5. The van der Waals surface area contributed by atoms with Gasteiger partial charge in [0.1, 0.15) is 0 Å². The van der Waals surface area contributed by atoms with Crippen molar-refractivity contribution in [3.8, 4) is 0 Å². The number of morpholine rings is 1. The zero-order valence-electron chi connectivity index (χ0n) is 9.79. The molecule has 1 aliphatic heterocycles. The van der Waals surface area contributed by atoms with Gasteiger partial charge in [0.05, 0.1) is 19.8 Å². The molecule has 0 radical (unpaired) electrons. The van der Waals surface area contributed by atoms with Gasteiger partial charge in [-0.1, -0.05) is 20.3 Å². The van der Waals surface area contributed by atoms with Crippen LogP contribution in [0.15, 0.2) is 0 Å². The number of ether oxygens (including phenoxy) is 1. The minimum atomic E-state index is 0.196. The van der Waals surface area contributed by atoms with Crippen molar-refractivity contribution in [2.45, 2.75) is 20.3 Å². The second kappa shape index (κ2) is 6.80. The van der Waals surface area contributed by atoms with Gasteiger partial charge in [-0.15, -0.1) is 0 Å². The van der Waals surface area contributed by atoms with Crippen molar-refractivity contribution in [3.63, 3.8) is 0 Å². The fraction of sp³-hybridized carbons (Fsp3) is 0.909. The first-order chi connectivity index (χ1) is 7.24. The van der Waals surface area contributed by atoms with Gasteiger partial charge in [0, 0.05) is 13.1 Å². The third kappa shape index (κ3) is 4.62. The summed E-state index contributed by atoms with van der Waals surface area (Å²) in [5.41, 5.74) is 0. The first-order valence-electron chi connectivity index (χ1n) is 5.80. The maximum absolute atomic E-state index is 11.7. The summed E-state index contributed by atoms with van der Waals surface area (Å²) in [7, 11) is 0. The summed E-state index contributed by atoms with van der Waals surface area (Å²) in [6.07, 6.45) is 1.15. The van der Waals surface area contributed by atoms with Gasteiger partial charge in [-0.3, -0.25) is 4.79 Å². The highest BCUT2D eigenvalue weighted by molar-refractivity contribution is 5.78. The van der Waals surface area contributed by atoms with Crippen LogP contribution in [0.25, 0.3) is 0 Å². The second-order valence-corrected chi connectivity index (χ2v) is 4.14. The van der Waals surface area contributed by atoms with Crippen molar-refractivity contribution in [3.05, 3.63) is 0 Å². The number of hydrogen-bond donors (Lipinski definition) is 1. The van der Waals surface area contributed by atoms with Crippen LogP contribution in [-0.4, -0.2) is 50.2 Å². The third-order valence-electron chi connectivity index (χ3n) is 2.83. The van der Waals surface area contributed by atoms with E-state index >= 15 is 0 Å². The lowest BCUT2D eigenvalue weighted by atomic mass is 10.1. The molecule has 1 unspecified atom stereocenters. The van der Waals surface area contributed by atoms with Gasteiger partial charge in [0.15, 0.2) is 0 Å². The largest absolute Gasteiger partial charge is 0.378 e. The molecule has 1 amide bonds.